The van der Waals surface area contributed by atoms with Crippen LogP contribution in [0.15, 0.2) is 6.20 Å². The molecule has 0 aliphatic carbocycles. The maximum Gasteiger partial charge on any atom is 0.0853 e. The summed E-state index contributed by atoms with van der Waals surface area (Å²) in [5, 5.41) is 18.8. The van der Waals surface area contributed by atoms with Gasteiger partial charge in [0.25, 0.3) is 0 Å². The Labute approximate surface area is 115 Å². The van der Waals surface area contributed by atoms with Crippen LogP contribution in [0.4, 0.5) is 0 Å². The molecular formula is C14H26N4O. The van der Waals surface area contributed by atoms with Crippen LogP contribution in [-0.2, 0) is 13.5 Å². The largest absolute Gasteiger partial charge is 0.391 e. The molecule has 0 bridgehead atoms. The van der Waals surface area contributed by atoms with Crippen LogP contribution in [-0.4, -0.2) is 49.7 Å². The summed E-state index contributed by atoms with van der Waals surface area (Å²) < 4.78 is 1.69. The highest BCUT2D eigenvalue weighted by molar-refractivity contribution is 5.03. The summed E-state index contributed by atoms with van der Waals surface area (Å²) in [5.74, 6) is 0. The molecule has 0 saturated carbocycles. The van der Waals surface area contributed by atoms with E-state index in [4.69, 9.17) is 0 Å². The molecule has 1 atom stereocenters. The Morgan fingerprint density at radius 1 is 1.32 bits per heavy atom. The lowest BCUT2D eigenvalue weighted by Crippen LogP contribution is -2.55. The summed E-state index contributed by atoms with van der Waals surface area (Å²) in [6.45, 7) is 6.59. The fourth-order valence-electron chi connectivity index (χ4n) is 3.42. The van der Waals surface area contributed by atoms with Crippen molar-refractivity contribution in [1.82, 2.24) is 19.9 Å². The summed E-state index contributed by atoms with van der Waals surface area (Å²) in [6, 6.07) is 0. The van der Waals surface area contributed by atoms with Crippen LogP contribution in [0.2, 0.25) is 0 Å². The maximum absolute atomic E-state index is 10.8. The number of likely N-dealkylation sites (tertiary alicyclic amines) is 1. The lowest BCUT2D eigenvalue weighted by molar-refractivity contribution is -0.0274. The quantitative estimate of drug-likeness (QED) is 0.845. The molecule has 1 fully saturated rings. The van der Waals surface area contributed by atoms with Crippen LogP contribution in [0, 0.1) is 0 Å². The summed E-state index contributed by atoms with van der Waals surface area (Å²) in [5.41, 5.74) is 0.772. The molecule has 0 aromatic carbocycles. The number of aliphatic hydroxyl groups is 1. The van der Waals surface area contributed by atoms with Crippen LogP contribution in [0.5, 0.6) is 0 Å². The van der Waals surface area contributed by atoms with Crippen molar-refractivity contribution in [3.63, 3.8) is 0 Å². The highest BCUT2D eigenvalue weighted by Gasteiger charge is 2.41. The topological polar surface area (TPSA) is 54.2 Å². The van der Waals surface area contributed by atoms with Crippen LogP contribution in [0.3, 0.4) is 0 Å². The van der Waals surface area contributed by atoms with Crippen molar-refractivity contribution in [2.45, 2.75) is 57.6 Å². The zero-order valence-electron chi connectivity index (χ0n) is 12.3. The van der Waals surface area contributed by atoms with E-state index in [0.29, 0.717) is 6.42 Å². The summed E-state index contributed by atoms with van der Waals surface area (Å²) in [6.07, 6.45) is 6.56. The molecule has 0 spiro atoms. The molecule has 1 aliphatic rings. The average molecular weight is 266 g/mol. The van der Waals surface area contributed by atoms with Crippen molar-refractivity contribution in [2.24, 2.45) is 7.05 Å². The highest BCUT2D eigenvalue weighted by Crippen LogP contribution is 2.32. The van der Waals surface area contributed by atoms with Gasteiger partial charge in [-0.05, 0) is 38.8 Å². The molecule has 2 rings (SSSR count). The van der Waals surface area contributed by atoms with E-state index in [0.717, 1.165) is 31.6 Å². The molecule has 5 heteroatoms. The smallest absolute Gasteiger partial charge is 0.0853 e. The molecule has 0 amide bonds. The maximum atomic E-state index is 10.8. The van der Waals surface area contributed by atoms with E-state index in [2.05, 4.69) is 29.1 Å². The Hall–Kier alpha value is -0.940. The van der Waals surface area contributed by atoms with Gasteiger partial charge in [0.05, 0.1) is 11.8 Å². The Kier molecular flexibility index (Phi) is 4.58. The summed E-state index contributed by atoms with van der Waals surface area (Å²) >= 11 is 0. The molecule has 108 valence electrons. The summed E-state index contributed by atoms with van der Waals surface area (Å²) in [7, 11) is 1.86. The molecule has 1 aliphatic heterocycles. The molecular weight excluding hydrogens is 240 g/mol. The number of nitrogens with zero attached hydrogens (tertiary/aromatic N) is 4. The van der Waals surface area contributed by atoms with E-state index in [-0.39, 0.29) is 11.6 Å². The van der Waals surface area contributed by atoms with Crippen LogP contribution >= 0.6 is 0 Å². The van der Waals surface area contributed by atoms with Crippen molar-refractivity contribution >= 4 is 0 Å². The second-order valence-electron chi connectivity index (χ2n) is 5.61. The Morgan fingerprint density at radius 3 is 2.42 bits per heavy atom. The Morgan fingerprint density at radius 2 is 1.95 bits per heavy atom. The SMILES string of the molecule is CCC(CC)(C(O)Cc1cn(C)nn1)N1CCCC1. The van der Waals surface area contributed by atoms with Gasteiger partial charge in [0.1, 0.15) is 0 Å². The number of hydrogen-bond donors (Lipinski definition) is 1. The van der Waals surface area contributed by atoms with Gasteiger partial charge in [-0.3, -0.25) is 9.58 Å². The van der Waals surface area contributed by atoms with Gasteiger partial charge >= 0.3 is 0 Å². The lowest BCUT2D eigenvalue weighted by Gasteiger charge is -2.44. The fourth-order valence-corrected chi connectivity index (χ4v) is 3.42. The van der Waals surface area contributed by atoms with Gasteiger partial charge in [0, 0.05) is 25.2 Å². The molecule has 1 aromatic rings. The minimum atomic E-state index is -0.378. The third kappa shape index (κ3) is 2.82. The zero-order valence-corrected chi connectivity index (χ0v) is 12.3. The van der Waals surface area contributed by atoms with Gasteiger partial charge in [0.2, 0.25) is 0 Å². The number of hydrogen-bond acceptors (Lipinski definition) is 4. The third-order valence-corrected chi connectivity index (χ3v) is 4.63. The van der Waals surface area contributed by atoms with Gasteiger partial charge in [-0.2, -0.15) is 0 Å². The lowest BCUT2D eigenvalue weighted by atomic mass is 9.82. The second-order valence-corrected chi connectivity index (χ2v) is 5.61. The molecule has 2 heterocycles. The summed E-state index contributed by atoms with van der Waals surface area (Å²) in [4.78, 5) is 2.48. The van der Waals surface area contributed by atoms with Crippen molar-refractivity contribution in [3.8, 4) is 0 Å². The van der Waals surface area contributed by atoms with E-state index in [9.17, 15) is 5.11 Å². The number of aromatic nitrogens is 3. The molecule has 1 N–H and O–H groups in total. The van der Waals surface area contributed by atoms with Gasteiger partial charge in [-0.25, -0.2) is 0 Å². The van der Waals surface area contributed by atoms with E-state index < -0.39 is 0 Å². The number of aliphatic hydroxyl groups excluding tert-OH is 1. The van der Waals surface area contributed by atoms with E-state index in [1.165, 1.54) is 12.8 Å². The number of aryl methyl sites for hydroxylation is 1. The third-order valence-electron chi connectivity index (χ3n) is 4.63. The van der Waals surface area contributed by atoms with E-state index in [1.54, 1.807) is 4.68 Å². The van der Waals surface area contributed by atoms with Crippen LogP contribution in [0.1, 0.15) is 45.2 Å². The molecule has 19 heavy (non-hydrogen) atoms. The molecule has 0 radical (unpaired) electrons. The van der Waals surface area contributed by atoms with Crippen LogP contribution in [0.25, 0.3) is 0 Å². The van der Waals surface area contributed by atoms with Crippen molar-refractivity contribution in [1.29, 1.82) is 0 Å². The average Bonchev–Trinajstić information content (AvgIpc) is 3.04. The van der Waals surface area contributed by atoms with Gasteiger partial charge < -0.3 is 5.11 Å². The molecule has 1 aromatic heterocycles. The second kappa shape index (κ2) is 6.01. The predicted molar refractivity (Wildman–Crippen MR) is 74.8 cm³/mol. The first-order chi connectivity index (χ1) is 9.12. The van der Waals surface area contributed by atoms with Gasteiger partial charge in [-0.1, -0.05) is 19.1 Å². The molecule has 5 nitrogen and oxygen atoms in total. The van der Waals surface area contributed by atoms with E-state index >= 15 is 0 Å². The van der Waals surface area contributed by atoms with Gasteiger partial charge in [0.15, 0.2) is 0 Å². The van der Waals surface area contributed by atoms with Crippen LogP contribution < -0.4 is 0 Å². The minimum Gasteiger partial charge on any atom is -0.391 e. The number of rotatable bonds is 6. The first-order valence-corrected chi connectivity index (χ1v) is 7.40. The molecule has 1 saturated heterocycles. The fraction of sp³-hybridized carbons (Fsp3) is 0.857. The highest BCUT2D eigenvalue weighted by atomic mass is 16.3. The Bertz CT molecular complexity index is 394. The van der Waals surface area contributed by atoms with Crippen molar-refractivity contribution in [2.75, 3.05) is 13.1 Å². The monoisotopic (exact) mass is 266 g/mol. The first kappa shape index (κ1) is 14.5. The normalized spacial score (nSPS) is 18.9. The van der Waals surface area contributed by atoms with E-state index in [1.807, 2.05) is 13.2 Å². The zero-order chi connectivity index (χ0) is 13.9. The van der Waals surface area contributed by atoms with Crippen molar-refractivity contribution in [3.05, 3.63) is 11.9 Å². The van der Waals surface area contributed by atoms with Gasteiger partial charge in [-0.15, -0.1) is 5.10 Å². The first-order valence-electron chi connectivity index (χ1n) is 7.40. The predicted octanol–water partition coefficient (Wildman–Crippen LogP) is 1.37. The minimum absolute atomic E-state index is 0.103. The standard InChI is InChI=1S/C14H26N4O/c1-4-14(5-2,18-8-6-7-9-18)13(19)10-12-11-17(3)16-15-12/h11,13,19H,4-10H2,1-3H3. The molecule has 1 unspecified atom stereocenters. The van der Waals surface area contributed by atoms with Crippen molar-refractivity contribution < 1.29 is 5.11 Å². The Balaban J connectivity index is 2.13.